The lowest BCUT2D eigenvalue weighted by Crippen LogP contribution is -2.34. The predicted molar refractivity (Wildman–Crippen MR) is 92.9 cm³/mol. The van der Waals surface area contributed by atoms with Crippen molar-refractivity contribution in [2.45, 2.75) is 19.4 Å². The van der Waals surface area contributed by atoms with Crippen LogP contribution in [-0.2, 0) is 7.05 Å². The third-order valence-corrected chi connectivity index (χ3v) is 4.68. The third-order valence-electron chi connectivity index (χ3n) is 4.68. The Kier molecular flexibility index (Phi) is 4.57. The summed E-state index contributed by atoms with van der Waals surface area (Å²) in [5, 5.41) is 4.51. The lowest BCUT2D eigenvalue weighted by molar-refractivity contribution is 0.0744. The number of ether oxygens (including phenoxy) is 1. The number of para-hydroxylation sites is 1. The highest BCUT2D eigenvalue weighted by molar-refractivity contribution is 6.00. The molecule has 0 saturated carbocycles. The molecule has 1 aliphatic rings. The molecule has 1 aromatic carbocycles. The molecule has 0 radical (unpaired) electrons. The van der Waals surface area contributed by atoms with E-state index in [2.05, 4.69) is 12.0 Å². The maximum absolute atomic E-state index is 13.1. The van der Waals surface area contributed by atoms with Gasteiger partial charge in [-0.2, -0.15) is 5.10 Å². The van der Waals surface area contributed by atoms with Crippen LogP contribution in [0, 0.1) is 5.92 Å². The number of methoxy groups -OCH3 is 1. The summed E-state index contributed by atoms with van der Waals surface area (Å²) in [6.07, 6.45) is 2.74. The van der Waals surface area contributed by atoms with Gasteiger partial charge in [0.05, 0.1) is 12.7 Å². The molecule has 2 aromatic rings. The van der Waals surface area contributed by atoms with Gasteiger partial charge in [0.1, 0.15) is 11.4 Å². The second kappa shape index (κ2) is 6.65. The fourth-order valence-electron chi connectivity index (χ4n) is 3.44. The van der Waals surface area contributed by atoms with Crippen LogP contribution >= 0.6 is 0 Å². The minimum Gasteiger partial charge on any atom is -0.496 e. The van der Waals surface area contributed by atoms with E-state index in [1.165, 1.54) is 0 Å². The smallest absolute Gasteiger partial charge is 0.257 e. The first-order valence-corrected chi connectivity index (χ1v) is 8.23. The van der Waals surface area contributed by atoms with Gasteiger partial charge < -0.3 is 15.4 Å². The molecule has 1 aliphatic heterocycles. The highest BCUT2D eigenvalue weighted by atomic mass is 16.5. The Morgan fingerprint density at radius 1 is 1.42 bits per heavy atom. The van der Waals surface area contributed by atoms with Gasteiger partial charge in [-0.15, -0.1) is 0 Å². The number of likely N-dealkylation sites (tertiary alicyclic amines) is 1. The summed E-state index contributed by atoms with van der Waals surface area (Å²) in [7, 11) is 3.45. The van der Waals surface area contributed by atoms with Crippen LogP contribution in [0.5, 0.6) is 5.75 Å². The van der Waals surface area contributed by atoms with Crippen molar-refractivity contribution in [1.82, 2.24) is 14.7 Å². The molecular formula is C18H24N4O2. The topological polar surface area (TPSA) is 73.4 Å². The number of nitrogens with zero attached hydrogens (tertiary/aromatic N) is 3. The van der Waals surface area contributed by atoms with Gasteiger partial charge in [-0.3, -0.25) is 9.48 Å². The van der Waals surface area contributed by atoms with E-state index in [-0.39, 0.29) is 11.9 Å². The Morgan fingerprint density at radius 2 is 2.17 bits per heavy atom. The molecule has 1 fully saturated rings. The van der Waals surface area contributed by atoms with E-state index in [9.17, 15) is 4.79 Å². The van der Waals surface area contributed by atoms with Gasteiger partial charge in [-0.25, -0.2) is 0 Å². The van der Waals surface area contributed by atoms with E-state index in [0.29, 0.717) is 36.0 Å². The fraction of sp³-hybridized carbons (Fsp3) is 0.444. The van der Waals surface area contributed by atoms with E-state index in [1.54, 1.807) is 18.0 Å². The number of aromatic nitrogens is 2. The van der Waals surface area contributed by atoms with Gasteiger partial charge in [-0.1, -0.05) is 12.1 Å². The summed E-state index contributed by atoms with van der Waals surface area (Å²) in [4.78, 5) is 15.0. The molecule has 2 unspecified atom stereocenters. The summed E-state index contributed by atoms with van der Waals surface area (Å²) < 4.78 is 7.11. The van der Waals surface area contributed by atoms with Gasteiger partial charge in [0.25, 0.3) is 5.91 Å². The van der Waals surface area contributed by atoms with Crippen LogP contribution in [0.1, 0.15) is 23.7 Å². The zero-order valence-corrected chi connectivity index (χ0v) is 14.4. The summed E-state index contributed by atoms with van der Waals surface area (Å²) in [6.45, 7) is 3.39. The second-order valence-electron chi connectivity index (χ2n) is 6.41. The first-order valence-electron chi connectivity index (χ1n) is 8.23. The molecule has 0 aliphatic carbocycles. The minimum atomic E-state index is 0.00690. The standard InChI is InChI=1S/C18H24N4O2/c1-12-8-13(9-19)10-22(12)18(23)15-11-21(2)20-17(15)14-6-4-5-7-16(14)24-3/h4-7,11-13H,8-10,19H2,1-3H3. The number of amides is 1. The second-order valence-corrected chi connectivity index (χ2v) is 6.41. The third kappa shape index (κ3) is 2.89. The molecule has 1 saturated heterocycles. The zero-order chi connectivity index (χ0) is 17.3. The van der Waals surface area contributed by atoms with Crippen LogP contribution in [0.4, 0.5) is 0 Å². The normalized spacial score (nSPS) is 20.4. The van der Waals surface area contributed by atoms with Crippen molar-refractivity contribution in [1.29, 1.82) is 0 Å². The number of rotatable bonds is 4. The Hall–Kier alpha value is -2.34. The maximum atomic E-state index is 13.1. The molecule has 1 aromatic heterocycles. The van der Waals surface area contributed by atoms with E-state index < -0.39 is 0 Å². The average Bonchev–Trinajstić information content (AvgIpc) is 3.16. The average molecular weight is 328 g/mol. The number of aryl methyl sites for hydroxylation is 1. The number of hydrogen-bond acceptors (Lipinski definition) is 4. The summed E-state index contributed by atoms with van der Waals surface area (Å²) in [5.41, 5.74) is 7.87. The highest BCUT2D eigenvalue weighted by Gasteiger charge is 2.34. The lowest BCUT2D eigenvalue weighted by atomic mass is 10.1. The molecule has 1 amide bonds. The van der Waals surface area contributed by atoms with Crippen LogP contribution < -0.4 is 10.5 Å². The first kappa shape index (κ1) is 16.5. The summed E-state index contributed by atoms with van der Waals surface area (Å²) in [6, 6.07) is 7.82. The van der Waals surface area contributed by atoms with Crippen molar-refractivity contribution in [3.8, 4) is 17.0 Å². The molecule has 128 valence electrons. The molecule has 24 heavy (non-hydrogen) atoms. The van der Waals surface area contributed by atoms with Gasteiger partial charge in [0.15, 0.2) is 0 Å². The van der Waals surface area contributed by atoms with Gasteiger partial charge in [-0.05, 0) is 37.9 Å². The summed E-state index contributed by atoms with van der Waals surface area (Å²) >= 11 is 0. The van der Waals surface area contributed by atoms with Crippen molar-refractivity contribution in [3.63, 3.8) is 0 Å². The molecule has 6 nitrogen and oxygen atoms in total. The lowest BCUT2D eigenvalue weighted by Gasteiger charge is -2.21. The summed E-state index contributed by atoms with van der Waals surface area (Å²) in [5.74, 6) is 1.09. The van der Waals surface area contributed by atoms with Crippen molar-refractivity contribution >= 4 is 5.91 Å². The van der Waals surface area contributed by atoms with Crippen molar-refractivity contribution in [2.24, 2.45) is 18.7 Å². The van der Waals surface area contributed by atoms with Crippen LogP contribution in [0.2, 0.25) is 0 Å². The van der Waals surface area contributed by atoms with E-state index in [0.717, 1.165) is 12.0 Å². The van der Waals surface area contributed by atoms with Crippen molar-refractivity contribution in [3.05, 3.63) is 36.0 Å². The molecule has 0 bridgehead atoms. The Bertz CT molecular complexity index is 740. The van der Waals surface area contributed by atoms with Crippen LogP contribution in [0.3, 0.4) is 0 Å². The monoisotopic (exact) mass is 328 g/mol. The molecular weight excluding hydrogens is 304 g/mol. The minimum absolute atomic E-state index is 0.00690. The maximum Gasteiger partial charge on any atom is 0.257 e. The molecule has 2 heterocycles. The van der Waals surface area contributed by atoms with Crippen LogP contribution in [-0.4, -0.2) is 46.8 Å². The zero-order valence-electron chi connectivity index (χ0n) is 14.4. The van der Waals surface area contributed by atoms with Crippen LogP contribution in [0.25, 0.3) is 11.3 Å². The van der Waals surface area contributed by atoms with E-state index in [4.69, 9.17) is 10.5 Å². The van der Waals surface area contributed by atoms with Gasteiger partial charge in [0, 0.05) is 31.4 Å². The molecule has 0 spiro atoms. The molecule has 3 rings (SSSR count). The Balaban J connectivity index is 1.99. The fourth-order valence-corrected chi connectivity index (χ4v) is 3.44. The SMILES string of the molecule is COc1ccccc1-c1nn(C)cc1C(=O)N1CC(CN)CC1C. The van der Waals surface area contributed by atoms with Gasteiger partial charge in [0.2, 0.25) is 0 Å². The molecule has 2 atom stereocenters. The van der Waals surface area contributed by atoms with E-state index >= 15 is 0 Å². The molecule has 6 heteroatoms. The highest BCUT2D eigenvalue weighted by Crippen LogP contribution is 2.33. The van der Waals surface area contributed by atoms with Crippen LogP contribution in [0.15, 0.2) is 30.5 Å². The number of benzene rings is 1. The largest absolute Gasteiger partial charge is 0.496 e. The molecule has 2 N–H and O–H groups in total. The Morgan fingerprint density at radius 3 is 2.83 bits per heavy atom. The predicted octanol–water partition coefficient (Wildman–Crippen LogP) is 1.90. The quantitative estimate of drug-likeness (QED) is 0.930. The van der Waals surface area contributed by atoms with Crippen molar-refractivity contribution in [2.75, 3.05) is 20.2 Å². The first-order chi connectivity index (χ1) is 11.5. The number of hydrogen-bond donors (Lipinski definition) is 1. The Labute approximate surface area is 142 Å². The van der Waals surface area contributed by atoms with E-state index in [1.807, 2.05) is 36.2 Å². The number of carbonyl (C=O) groups excluding carboxylic acids is 1. The van der Waals surface area contributed by atoms with Crippen molar-refractivity contribution < 1.29 is 9.53 Å². The number of carbonyl (C=O) groups is 1. The van der Waals surface area contributed by atoms with Gasteiger partial charge >= 0.3 is 0 Å². The number of nitrogens with two attached hydrogens (primary N) is 1.